The minimum atomic E-state index is -0.621. The average molecular weight is 650 g/mol. The fourth-order valence-electron chi connectivity index (χ4n) is 3.82. The fourth-order valence-corrected chi connectivity index (χ4v) is 5.38. The zero-order chi connectivity index (χ0) is 29.3. The Bertz CT molecular complexity index is 1800. The molecule has 2 heterocycles. The molecule has 2 aromatic heterocycles. The molecule has 41 heavy (non-hydrogen) atoms. The molecule has 3 aromatic carbocycles. The van der Waals surface area contributed by atoms with Gasteiger partial charge >= 0.3 is 0 Å². The van der Waals surface area contributed by atoms with Crippen LogP contribution in [0.15, 0.2) is 65.8 Å². The third-order valence-corrected chi connectivity index (χ3v) is 8.00. The molecule has 0 bridgehead atoms. The first kappa shape index (κ1) is 28.8. The molecule has 5 aromatic rings. The van der Waals surface area contributed by atoms with Gasteiger partial charge in [-0.1, -0.05) is 81.6 Å². The molecular formula is C25H16Cl4N8O3S. The van der Waals surface area contributed by atoms with Gasteiger partial charge < -0.3 is 5.32 Å². The van der Waals surface area contributed by atoms with Crippen molar-refractivity contribution in [2.45, 2.75) is 12.1 Å². The van der Waals surface area contributed by atoms with Crippen LogP contribution >= 0.6 is 58.2 Å². The van der Waals surface area contributed by atoms with Crippen LogP contribution in [0.3, 0.4) is 0 Å². The maximum Gasteiger partial charge on any atom is 0.289 e. The molecular weight excluding hydrogens is 634 g/mol. The van der Waals surface area contributed by atoms with Crippen LogP contribution in [0.2, 0.25) is 20.1 Å². The first-order valence-corrected chi connectivity index (χ1v) is 14.1. The molecule has 0 aliphatic heterocycles. The maximum atomic E-state index is 12.7. The minimum absolute atomic E-state index is 0.0282. The Kier molecular flexibility index (Phi) is 8.47. The number of thioether (sulfide) groups is 1. The Morgan fingerprint density at radius 3 is 2.41 bits per heavy atom. The summed E-state index contributed by atoms with van der Waals surface area (Å²) in [5.41, 5.74) is 2.17. The van der Waals surface area contributed by atoms with Gasteiger partial charge in [-0.25, -0.2) is 4.68 Å². The van der Waals surface area contributed by atoms with E-state index >= 15 is 0 Å². The standard InChI is InChI=1S/C25H16Cl4N8O3S/c1-13-23(31-34-36(13)20-11-18(28)17(27)10-19(20)29)24-32-33-25(35(24)15-5-3-2-4-6-15)41-12-22(38)30-14-7-8-16(26)21(9-14)37(39)40/h2-11H,12H2,1H3,(H,30,38). The van der Waals surface area contributed by atoms with Crippen LogP contribution in [0.1, 0.15) is 5.69 Å². The second-order valence-corrected chi connectivity index (χ2v) is 11.0. The number of aromatic nitrogens is 6. The van der Waals surface area contributed by atoms with Gasteiger partial charge in [0.25, 0.3) is 5.69 Å². The predicted molar refractivity (Wildman–Crippen MR) is 159 cm³/mol. The van der Waals surface area contributed by atoms with Crippen molar-refractivity contribution >= 4 is 75.4 Å². The molecule has 1 N–H and O–H groups in total. The molecule has 5 rings (SSSR count). The van der Waals surface area contributed by atoms with Crippen molar-refractivity contribution in [2.24, 2.45) is 0 Å². The number of hydrogen-bond acceptors (Lipinski definition) is 8. The van der Waals surface area contributed by atoms with Crippen molar-refractivity contribution in [1.29, 1.82) is 0 Å². The second-order valence-electron chi connectivity index (χ2n) is 8.39. The third-order valence-electron chi connectivity index (χ3n) is 5.73. The molecule has 0 saturated heterocycles. The molecule has 0 saturated carbocycles. The maximum absolute atomic E-state index is 12.7. The topological polar surface area (TPSA) is 134 Å². The molecule has 16 heteroatoms. The lowest BCUT2D eigenvalue weighted by Crippen LogP contribution is -2.14. The number of carbonyl (C=O) groups is 1. The lowest BCUT2D eigenvalue weighted by Gasteiger charge is -2.10. The van der Waals surface area contributed by atoms with E-state index in [9.17, 15) is 14.9 Å². The Balaban J connectivity index is 1.45. The Morgan fingerprint density at radius 1 is 0.951 bits per heavy atom. The van der Waals surface area contributed by atoms with Crippen LogP contribution in [0.4, 0.5) is 11.4 Å². The van der Waals surface area contributed by atoms with E-state index in [2.05, 4.69) is 25.8 Å². The summed E-state index contributed by atoms with van der Waals surface area (Å²) in [5, 5.41) is 32.4. The molecule has 11 nitrogen and oxygen atoms in total. The zero-order valence-corrected chi connectivity index (χ0v) is 24.6. The van der Waals surface area contributed by atoms with Gasteiger partial charge in [0, 0.05) is 17.4 Å². The second kappa shape index (κ2) is 12.0. The van der Waals surface area contributed by atoms with E-state index in [1.807, 2.05) is 30.3 Å². The molecule has 0 aliphatic carbocycles. The molecule has 208 valence electrons. The van der Waals surface area contributed by atoms with Crippen molar-refractivity contribution in [2.75, 3.05) is 11.1 Å². The van der Waals surface area contributed by atoms with E-state index in [0.717, 1.165) is 17.4 Å². The van der Waals surface area contributed by atoms with Gasteiger partial charge in [0.1, 0.15) is 5.02 Å². The first-order valence-electron chi connectivity index (χ1n) is 11.6. The number of nitrogens with zero attached hydrogens (tertiary/aromatic N) is 7. The lowest BCUT2D eigenvalue weighted by atomic mass is 10.2. The number of nitrogens with one attached hydrogen (secondary N) is 1. The van der Waals surface area contributed by atoms with Crippen molar-refractivity contribution in [3.63, 3.8) is 0 Å². The monoisotopic (exact) mass is 648 g/mol. The van der Waals surface area contributed by atoms with E-state index in [0.29, 0.717) is 43.1 Å². The SMILES string of the molecule is Cc1c(-c2nnc(SCC(=O)Nc3ccc(Cl)c([N+](=O)[O-])c3)n2-c2ccccc2)nnn1-c1cc(Cl)c(Cl)cc1Cl. The highest BCUT2D eigenvalue weighted by Crippen LogP contribution is 2.34. The van der Waals surface area contributed by atoms with Gasteiger partial charge in [0.05, 0.1) is 37.1 Å². The van der Waals surface area contributed by atoms with E-state index in [4.69, 9.17) is 46.4 Å². The summed E-state index contributed by atoms with van der Waals surface area (Å²) in [7, 11) is 0. The number of amides is 1. The Morgan fingerprint density at radius 2 is 1.68 bits per heavy atom. The Labute approximate surface area is 256 Å². The van der Waals surface area contributed by atoms with E-state index in [-0.39, 0.29) is 22.2 Å². The van der Waals surface area contributed by atoms with Gasteiger partial charge in [-0.2, -0.15) is 0 Å². The van der Waals surface area contributed by atoms with Crippen LogP contribution in [-0.4, -0.2) is 46.3 Å². The van der Waals surface area contributed by atoms with Gasteiger partial charge in [-0.15, -0.1) is 15.3 Å². The van der Waals surface area contributed by atoms with Gasteiger partial charge in [0.2, 0.25) is 5.91 Å². The highest BCUT2D eigenvalue weighted by molar-refractivity contribution is 7.99. The summed E-state index contributed by atoms with van der Waals surface area (Å²) < 4.78 is 3.28. The average Bonchev–Trinajstić information content (AvgIpc) is 3.54. The molecule has 0 spiro atoms. The van der Waals surface area contributed by atoms with Crippen LogP contribution in [0.25, 0.3) is 22.9 Å². The number of anilines is 1. The largest absolute Gasteiger partial charge is 0.325 e. The smallest absolute Gasteiger partial charge is 0.289 e. The highest BCUT2D eigenvalue weighted by atomic mass is 35.5. The van der Waals surface area contributed by atoms with Gasteiger partial charge in [0.15, 0.2) is 16.7 Å². The van der Waals surface area contributed by atoms with Crippen LogP contribution < -0.4 is 5.32 Å². The van der Waals surface area contributed by atoms with E-state index in [1.165, 1.54) is 28.9 Å². The number of nitro groups is 1. The Hall–Kier alpha value is -3.68. The number of nitro benzene ring substituents is 1. The van der Waals surface area contributed by atoms with Gasteiger partial charge in [-0.05, 0) is 43.3 Å². The lowest BCUT2D eigenvalue weighted by molar-refractivity contribution is -0.384. The number of halogens is 4. The normalized spacial score (nSPS) is 11.0. The summed E-state index contributed by atoms with van der Waals surface area (Å²) in [5.74, 6) is -0.0918. The summed E-state index contributed by atoms with van der Waals surface area (Å²) in [6.07, 6.45) is 0. The fraction of sp³-hybridized carbons (Fsp3) is 0.0800. The number of hydrogen-bond donors (Lipinski definition) is 1. The molecule has 0 fully saturated rings. The molecule has 0 unspecified atom stereocenters. The number of rotatable bonds is 8. The summed E-state index contributed by atoms with van der Waals surface area (Å²) in [6.45, 7) is 1.80. The van der Waals surface area contributed by atoms with Crippen LogP contribution in [0, 0.1) is 17.0 Å². The molecule has 0 aliphatic rings. The summed E-state index contributed by atoms with van der Waals surface area (Å²) in [6, 6.07) is 16.4. The molecule has 0 radical (unpaired) electrons. The van der Waals surface area contributed by atoms with Crippen molar-refractivity contribution in [3.8, 4) is 22.9 Å². The molecule has 1 amide bonds. The van der Waals surface area contributed by atoms with E-state index < -0.39 is 10.8 Å². The van der Waals surface area contributed by atoms with Crippen molar-refractivity contribution in [3.05, 3.63) is 96.6 Å². The van der Waals surface area contributed by atoms with Crippen molar-refractivity contribution in [1.82, 2.24) is 29.8 Å². The first-order chi connectivity index (χ1) is 19.6. The summed E-state index contributed by atoms with van der Waals surface area (Å²) >= 11 is 25.7. The number of benzene rings is 3. The van der Waals surface area contributed by atoms with Crippen molar-refractivity contribution < 1.29 is 9.72 Å². The third kappa shape index (κ3) is 6.02. The zero-order valence-electron chi connectivity index (χ0n) is 20.8. The summed E-state index contributed by atoms with van der Waals surface area (Å²) in [4.78, 5) is 23.3. The van der Waals surface area contributed by atoms with Crippen LogP contribution in [0.5, 0.6) is 0 Å². The minimum Gasteiger partial charge on any atom is -0.325 e. The quantitative estimate of drug-likeness (QED) is 0.0816. The number of carbonyl (C=O) groups excluding carboxylic acids is 1. The number of para-hydroxylation sites is 1. The van der Waals surface area contributed by atoms with Gasteiger partial charge in [-0.3, -0.25) is 19.5 Å². The van der Waals surface area contributed by atoms with E-state index in [1.54, 1.807) is 17.6 Å². The molecule has 0 atom stereocenters. The predicted octanol–water partition coefficient (Wildman–Crippen LogP) is 7.08. The van der Waals surface area contributed by atoms with Crippen LogP contribution in [-0.2, 0) is 4.79 Å². The highest BCUT2D eigenvalue weighted by Gasteiger charge is 2.24.